The highest BCUT2D eigenvalue weighted by Gasteiger charge is 2.12. The van der Waals surface area contributed by atoms with E-state index in [9.17, 15) is 4.79 Å². The number of anilines is 1. The molecule has 0 bridgehead atoms. The summed E-state index contributed by atoms with van der Waals surface area (Å²) < 4.78 is 0.712. The molecule has 0 spiro atoms. The van der Waals surface area contributed by atoms with Crippen LogP contribution in [0.2, 0.25) is 0 Å². The van der Waals surface area contributed by atoms with Crippen molar-refractivity contribution in [1.29, 1.82) is 0 Å². The molecule has 6 nitrogen and oxygen atoms in total. The summed E-state index contributed by atoms with van der Waals surface area (Å²) in [5.74, 6) is 5.40. The fraction of sp³-hybridized carbons (Fsp3) is 0.100. The van der Waals surface area contributed by atoms with Gasteiger partial charge in [0.25, 0.3) is 5.91 Å². The zero-order valence-electron chi connectivity index (χ0n) is 9.18. The van der Waals surface area contributed by atoms with Gasteiger partial charge in [0.2, 0.25) is 0 Å². The van der Waals surface area contributed by atoms with Gasteiger partial charge in [-0.05, 0) is 22.0 Å². The molecule has 4 N–H and O–H groups in total. The number of pyridine rings is 1. The summed E-state index contributed by atoms with van der Waals surface area (Å²) >= 11 is 4.75. The van der Waals surface area contributed by atoms with Crippen molar-refractivity contribution in [2.24, 2.45) is 5.84 Å². The number of rotatable bonds is 4. The van der Waals surface area contributed by atoms with Gasteiger partial charge >= 0.3 is 0 Å². The van der Waals surface area contributed by atoms with Crippen LogP contribution in [0.1, 0.15) is 15.2 Å². The minimum Gasteiger partial charge on any atom is -0.347 e. The predicted molar refractivity (Wildman–Crippen MR) is 73.0 cm³/mol. The molecule has 0 unspecified atom stereocenters. The van der Waals surface area contributed by atoms with E-state index in [2.05, 4.69) is 36.6 Å². The van der Waals surface area contributed by atoms with Crippen molar-refractivity contribution in [1.82, 2.24) is 15.3 Å². The summed E-state index contributed by atoms with van der Waals surface area (Å²) in [6.45, 7) is 0.431. The lowest BCUT2D eigenvalue weighted by Gasteiger charge is -2.08. The zero-order valence-corrected chi connectivity index (χ0v) is 11.6. The minimum atomic E-state index is -0.245. The molecule has 8 heteroatoms. The van der Waals surface area contributed by atoms with E-state index in [1.54, 1.807) is 24.0 Å². The molecule has 1 amide bonds. The molecule has 2 aromatic heterocycles. The van der Waals surface area contributed by atoms with Crippen molar-refractivity contribution in [2.75, 3.05) is 5.43 Å². The fourth-order valence-corrected chi connectivity index (χ4v) is 2.19. The van der Waals surface area contributed by atoms with Gasteiger partial charge < -0.3 is 10.7 Å². The topological polar surface area (TPSA) is 92.9 Å². The number of aromatic nitrogens is 2. The number of halogens is 1. The first-order valence-electron chi connectivity index (χ1n) is 4.98. The lowest BCUT2D eigenvalue weighted by Crippen LogP contribution is -2.25. The van der Waals surface area contributed by atoms with E-state index < -0.39 is 0 Å². The van der Waals surface area contributed by atoms with Gasteiger partial charge in [0.15, 0.2) is 5.82 Å². The van der Waals surface area contributed by atoms with Crippen LogP contribution in [0.4, 0.5) is 5.82 Å². The Morgan fingerprint density at radius 1 is 1.50 bits per heavy atom. The largest absolute Gasteiger partial charge is 0.347 e. The van der Waals surface area contributed by atoms with Crippen molar-refractivity contribution in [3.8, 4) is 0 Å². The van der Waals surface area contributed by atoms with Crippen LogP contribution < -0.4 is 16.6 Å². The molecule has 0 aliphatic carbocycles. The van der Waals surface area contributed by atoms with Crippen molar-refractivity contribution < 1.29 is 4.79 Å². The third kappa shape index (κ3) is 3.03. The number of nitrogen functional groups attached to an aromatic ring is 1. The molecule has 18 heavy (non-hydrogen) atoms. The molecular weight excluding hydrogens is 318 g/mol. The molecule has 94 valence electrons. The number of thiazole rings is 1. The Kier molecular flexibility index (Phi) is 4.24. The van der Waals surface area contributed by atoms with Gasteiger partial charge in [0.1, 0.15) is 0 Å². The zero-order chi connectivity index (χ0) is 13.0. The molecule has 0 radical (unpaired) electrons. The Morgan fingerprint density at radius 3 is 3.00 bits per heavy atom. The van der Waals surface area contributed by atoms with Crippen LogP contribution >= 0.6 is 27.3 Å². The highest BCUT2D eigenvalue weighted by Crippen LogP contribution is 2.17. The van der Waals surface area contributed by atoms with Crippen molar-refractivity contribution in [3.63, 3.8) is 0 Å². The van der Waals surface area contributed by atoms with E-state index in [1.807, 2.05) is 0 Å². The van der Waals surface area contributed by atoms with Gasteiger partial charge in [0.05, 0.1) is 17.6 Å². The van der Waals surface area contributed by atoms with Gasteiger partial charge in [-0.3, -0.25) is 9.78 Å². The molecule has 0 atom stereocenters. The molecule has 2 heterocycles. The van der Waals surface area contributed by atoms with Gasteiger partial charge in [-0.25, -0.2) is 10.8 Å². The van der Waals surface area contributed by atoms with Crippen LogP contribution in [-0.2, 0) is 6.54 Å². The second-order valence-electron chi connectivity index (χ2n) is 3.34. The number of nitrogens with two attached hydrogens (primary N) is 1. The SMILES string of the molecule is NNc1ncc(Br)cc1C(=O)NCc1cncs1. The first-order chi connectivity index (χ1) is 8.70. The summed E-state index contributed by atoms with van der Waals surface area (Å²) in [5, 5.41) is 2.78. The second-order valence-corrected chi connectivity index (χ2v) is 5.23. The van der Waals surface area contributed by atoms with E-state index >= 15 is 0 Å². The molecular formula is C10H10BrN5OS. The van der Waals surface area contributed by atoms with Crippen LogP contribution in [0.15, 0.2) is 28.4 Å². The lowest BCUT2D eigenvalue weighted by atomic mass is 10.2. The van der Waals surface area contributed by atoms with E-state index in [4.69, 9.17) is 5.84 Å². The maximum atomic E-state index is 12.0. The van der Waals surface area contributed by atoms with Crippen LogP contribution in [-0.4, -0.2) is 15.9 Å². The summed E-state index contributed by atoms with van der Waals surface area (Å²) in [5.41, 5.74) is 4.50. The van der Waals surface area contributed by atoms with E-state index in [1.165, 1.54) is 11.3 Å². The van der Waals surface area contributed by atoms with Crippen LogP contribution in [0.3, 0.4) is 0 Å². The lowest BCUT2D eigenvalue weighted by molar-refractivity contribution is 0.0951. The van der Waals surface area contributed by atoms with Gasteiger partial charge in [-0.15, -0.1) is 11.3 Å². The summed E-state index contributed by atoms with van der Waals surface area (Å²) in [7, 11) is 0. The van der Waals surface area contributed by atoms with Gasteiger partial charge in [-0.2, -0.15) is 0 Å². The van der Waals surface area contributed by atoms with Gasteiger partial charge in [0, 0.05) is 21.7 Å². The molecule has 0 fully saturated rings. The van der Waals surface area contributed by atoms with Crippen LogP contribution in [0.25, 0.3) is 0 Å². The smallest absolute Gasteiger partial charge is 0.255 e. The molecule has 2 rings (SSSR count). The minimum absolute atomic E-state index is 0.245. The van der Waals surface area contributed by atoms with Crippen LogP contribution in [0.5, 0.6) is 0 Å². The monoisotopic (exact) mass is 327 g/mol. The quantitative estimate of drug-likeness (QED) is 0.584. The Bertz CT molecular complexity index is 545. The Morgan fingerprint density at radius 2 is 2.33 bits per heavy atom. The first-order valence-corrected chi connectivity index (χ1v) is 6.65. The van der Waals surface area contributed by atoms with E-state index in [0.717, 1.165) is 4.88 Å². The standard InChI is InChI=1S/C10H10BrN5OS/c11-6-1-8(9(16-12)14-2-6)10(17)15-4-7-3-13-5-18-7/h1-3,5H,4,12H2,(H,14,16)(H,15,17). The maximum absolute atomic E-state index is 12.0. The molecule has 0 aliphatic rings. The van der Waals surface area contributed by atoms with Crippen molar-refractivity contribution >= 4 is 39.0 Å². The number of hydrogen-bond donors (Lipinski definition) is 3. The highest BCUT2D eigenvalue weighted by atomic mass is 79.9. The number of nitrogens with zero attached hydrogens (tertiary/aromatic N) is 2. The average molecular weight is 328 g/mol. The molecule has 2 aromatic rings. The molecule has 0 aliphatic heterocycles. The third-order valence-electron chi connectivity index (χ3n) is 2.14. The van der Waals surface area contributed by atoms with Crippen molar-refractivity contribution in [2.45, 2.75) is 6.54 Å². The fourth-order valence-electron chi connectivity index (χ4n) is 1.32. The van der Waals surface area contributed by atoms with E-state index in [0.29, 0.717) is 22.4 Å². The highest BCUT2D eigenvalue weighted by molar-refractivity contribution is 9.10. The Labute approximate surface area is 116 Å². The molecule has 0 aromatic carbocycles. The molecule has 0 saturated carbocycles. The third-order valence-corrected chi connectivity index (χ3v) is 3.36. The number of carbonyl (C=O) groups excluding carboxylic acids is 1. The predicted octanol–water partition coefficient (Wildman–Crippen LogP) is 1.52. The molecule has 0 saturated heterocycles. The van der Waals surface area contributed by atoms with E-state index in [-0.39, 0.29) is 5.91 Å². The normalized spacial score (nSPS) is 10.1. The summed E-state index contributed by atoms with van der Waals surface area (Å²) in [4.78, 5) is 20.9. The second kappa shape index (κ2) is 5.89. The average Bonchev–Trinajstić information content (AvgIpc) is 2.89. The Balaban J connectivity index is 2.10. The van der Waals surface area contributed by atoms with Crippen molar-refractivity contribution in [3.05, 3.63) is 38.9 Å². The Hall–Kier alpha value is -1.51. The summed E-state index contributed by atoms with van der Waals surface area (Å²) in [6.07, 6.45) is 3.28. The first kappa shape index (κ1) is 12.9. The summed E-state index contributed by atoms with van der Waals surface area (Å²) in [6, 6.07) is 1.66. The maximum Gasteiger partial charge on any atom is 0.255 e. The number of hydrogen-bond acceptors (Lipinski definition) is 6. The number of carbonyl (C=O) groups is 1. The number of hydrazine groups is 1. The number of amides is 1. The van der Waals surface area contributed by atoms with Gasteiger partial charge in [-0.1, -0.05) is 0 Å². The van der Waals surface area contributed by atoms with Crippen LogP contribution in [0, 0.1) is 0 Å². The number of nitrogens with one attached hydrogen (secondary N) is 2.